The zero-order valence-electron chi connectivity index (χ0n) is 11.8. The van der Waals surface area contributed by atoms with Gasteiger partial charge >= 0.3 is 5.97 Å². The van der Waals surface area contributed by atoms with E-state index in [1.807, 2.05) is 6.92 Å². The highest BCUT2D eigenvalue weighted by molar-refractivity contribution is 5.88. The van der Waals surface area contributed by atoms with Gasteiger partial charge in [0.1, 0.15) is 22.9 Å². The smallest absolute Gasteiger partial charge is 0.339 e. The van der Waals surface area contributed by atoms with Crippen LogP contribution in [0.5, 0.6) is 0 Å². The third-order valence-electron chi connectivity index (χ3n) is 3.94. The Balaban J connectivity index is 1.93. The van der Waals surface area contributed by atoms with Crippen molar-refractivity contribution in [2.75, 3.05) is 0 Å². The number of aromatic nitrogens is 2. The third-order valence-corrected chi connectivity index (χ3v) is 3.94. The average Bonchev–Trinajstić information content (AvgIpc) is 2.92. The first-order valence-electron chi connectivity index (χ1n) is 6.93. The number of fused-ring (bicyclic) bond motifs is 1. The predicted octanol–water partition coefficient (Wildman–Crippen LogP) is 2.72. The molecule has 106 valence electrons. The maximum Gasteiger partial charge on any atom is 0.339 e. The van der Waals surface area contributed by atoms with Crippen molar-refractivity contribution in [1.82, 2.24) is 9.55 Å². The van der Waals surface area contributed by atoms with Gasteiger partial charge in [-0.3, -0.25) is 0 Å². The van der Waals surface area contributed by atoms with E-state index in [2.05, 4.69) is 9.55 Å². The van der Waals surface area contributed by atoms with Gasteiger partial charge in [-0.15, -0.1) is 0 Å². The highest BCUT2D eigenvalue weighted by atomic mass is 16.4. The average molecular weight is 274 g/mol. The predicted molar refractivity (Wildman–Crippen MR) is 73.1 cm³/mol. The lowest BCUT2D eigenvalue weighted by atomic mass is 10.0. The summed E-state index contributed by atoms with van der Waals surface area (Å²) in [6.45, 7) is 4.23. The Morgan fingerprint density at radius 1 is 1.40 bits per heavy atom. The fraction of sp³-hybridized carbons (Fsp3) is 0.467. The van der Waals surface area contributed by atoms with Crippen molar-refractivity contribution in [1.29, 1.82) is 0 Å². The highest BCUT2D eigenvalue weighted by Crippen LogP contribution is 2.24. The summed E-state index contributed by atoms with van der Waals surface area (Å²) >= 11 is 0. The van der Waals surface area contributed by atoms with Gasteiger partial charge < -0.3 is 14.1 Å². The summed E-state index contributed by atoms with van der Waals surface area (Å²) in [5.41, 5.74) is 2.71. The SMILES string of the molecule is Cc1oc(Cn2c(C)nc3c2CCCC3)cc1C(=O)O. The van der Waals surface area contributed by atoms with E-state index in [-0.39, 0.29) is 5.56 Å². The second-order valence-corrected chi connectivity index (χ2v) is 5.33. The first-order valence-corrected chi connectivity index (χ1v) is 6.93. The molecule has 1 aliphatic carbocycles. The van der Waals surface area contributed by atoms with Crippen LogP contribution >= 0.6 is 0 Å². The normalized spacial score (nSPS) is 14.3. The minimum absolute atomic E-state index is 0.242. The summed E-state index contributed by atoms with van der Waals surface area (Å²) < 4.78 is 7.72. The number of hydrogen-bond acceptors (Lipinski definition) is 3. The van der Waals surface area contributed by atoms with Gasteiger partial charge in [0.2, 0.25) is 0 Å². The molecule has 0 unspecified atom stereocenters. The highest BCUT2D eigenvalue weighted by Gasteiger charge is 2.20. The van der Waals surface area contributed by atoms with E-state index >= 15 is 0 Å². The van der Waals surface area contributed by atoms with Crippen LogP contribution < -0.4 is 0 Å². The summed E-state index contributed by atoms with van der Waals surface area (Å²) in [7, 11) is 0. The quantitative estimate of drug-likeness (QED) is 0.934. The molecule has 0 saturated carbocycles. The fourth-order valence-corrected chi connectivity index (χ4v) is 2.94. The zero-order valence-corrected chi connectivity index (χ0v) is 11.8. The Morgan fingerprint density at radius 2 is 2.15 bits per heavy atom. The second kappa shape index (κ2) is 4.81. The number of rotatable bonds is 3. The summed E-state index contributed by atoms with van der Waals surface area (Å²) in [6, 6.07) is 1.62. The van der Waals surface area contributed by atoms with Gasteiger partial charge in [-0.2, -0.15) is 0 Å². The van der Waals surface area contributed by atoms with Crippen LogP contribution in [0.15, 0.2) is 10.5 Å². The molecule has 0 atom stereocenters. The number of imidazole rings is 1. The third kappa shape index (κ3) is 2.13. The van der Waals surface area contributed by atoms with Crippen LogP contribution in [0.25, 0.3) is 0 Å². The molecule has 1 N–H and O–H groups in total. The maximum atomic E-state index is 11.1. The molecule has 0 fully saturated rings. The molecule has 0 spiro atoms. The van der Waals surface area contributed by atoms with E-state index in [4.69, 9.17) is 9.52 Å². The minimum atomic E-state index is -0.943. The fourth-order valence-electron chi connectivity index (χ4n) is 2.94. The molecule has 0 aliphatic heterocycles. The number of hydrogen-bond donors (Lipinski definition) is 1. The van der Waals surface area contributed by atoms with E-state index in [0.717, 1.165) is 18.7 Å². The Labute approximate surface area is 117 Å². The molecule has 2 aromatic rings. The van der Waals surface area contributed by atoms with Gasteiger partial charge in [0.05, 0.1) is 12.2 Å². The number of aryl methyl sites for hydroxylation is 3. The summed E-state index contributed by atoms with van der Waals surface area (Å²) in [4.78, 5) is 15.7. The minimum Gasteiger partial charge on any atom is -0.478 e. The largest absolute Gasteiger partial charge is 0.478 e. The molecule has 3 rings (SSSR count). The van der Waals surface area contributed by atoms with Crippen LogP contribution in [0.1, 0.15) is 51.9 Å². The molecular formula is C15H18N2O3. The van der Waals surface area contributed by atoms with Gasteiger partial charge in [-0.25, -0.2) is 9.78 Å². The van der Waals surface area contributed by atoms with Gasteiger partial charge in [0.15, 0.2) is 0 Å². The van der Waals surface area contributed by atoms with Crippen molar-refractivity contribution in [2.24, 2.45) is 0 Å². The molecule has 5 heteroatoms. The van der Waals surface area contributed by atoms with Gasteiger partial charge in [-0.1, -0.05) is 0 Å². The number of carboxylic acids is 1. The van der Waals surface area contributed by atoms with Crippen LogP contribution in [-0.4, -0.2) is 20.6 Å². The summed E-state index contributed by atoms with van der Waals surface area (Å²) in [6.07, 6.45) is 4.48. The van der Waals surface area contributed by atoms with E-state index in [1.165, 1.54) is 24.2 Å². The van der Waals surface area contributed by atoms with Crippen LogP contribution in [0.3, 0.4) is 0 Å². The second-order valence-electron chi connectivity index (χ2n) is 5.33. The molecule has 2 heterocycles. The molecular weight excluding hydrogens is 256 g/mol. The monoisotopic (exact) mass is 274 g/mol. The number of carbonyl (C=O) groups is 1. The number of nitrogens with zero attached hydrogens (tertiary/aromatic N) is 2. The maximum absolute atomic E-state index is 11.1. The van der Waals surface area contributed by atoms with Crippen molar-refractivity contribution in [3.8, 4) is 0 Å². The Bertz CT molecular complexity index is 667. The van der Waals surface area contributed by atoms with Gasteiger partial charge in [0, 0.05) is 5.69 Å². The summed E-state index contributed by atoms with van der Waals surface area (Å²) in [5, 5.41) is 9.07. The lowest BCUT2D eigenvalue weighted by Gasteiger charge is -2.13. The van der Waals surface area contributed by atoms with Crippen LogP contribution in [-0.2, 0) is 19.4 Å². The van der Waals surface area contributed by atoms with Crippen molar-refractivity contribution in [3.63, 3.8) is 0 Å². The zero-order chi connectivity index (χ0) is 14.3. The number of aromatic carboxylic acids is 1. The van der Waals surface area contributed by atoms with Crippen molar-refractivity contribution in [2.45, 2.75) is 46.1 Å². The molecule has 20 heavy (non-hydrogen) atoms. The molecule has 0 radical (unpaired) electrons. The molecule has 5 nitrogen and oxygen atoms in total. The van der Waals surface area contributed by atoms with Crippen LogP contribution in [0.2, 0.25) is 0 Å². The van der Waals surface area contributed by atoms with Crippen LogP contribution in [0, 0.1) is 13.8 Å². The van der Waals surface area contributed by atoms with Crippen molar-refractivity contribution in [3.05, 3.63) is 40.4 Å². The summed E-state index contributed by atoms with van der Waals surface area (Å²) in [5.74, 6) is 1.16. The Morgan fingerprint density at radius 3 is 2.85 bits per heavy atom. The van der Waals surface area contributed by atoms with Crippen LogP contribution in [0.4, 0.5) is 0 Å². The first kappa shape index (κ1) is 13.0. The molecule has 0 amide bonds. The van der Waals surface area contributed by atoms with Crippen molar-refractivity contribution < 1.29 is 14.3 Å². The Hall–Kier alpha value is -2.04. The van der Waals surface area contributed by atoms with E-state index in [9.17, 15) is 4.79 Å². The molecule has 0 saturated heterocycles. The van der Waals surface area contributed by atoms with E-state index < -0.39 is 5.97 Å². The van der Waals surface area contributed by atoms with Crippen molar-refractivity contribution >= 4 is 5.97 Å². The molecule has 2 aromatic heterocycles. The number of furan rings is 1. The molecule has 1 aliphatic rings. The Kier molecular flexibility index (Phi) is 3.12. The van der Waals surface area contributed by atoms with Gasteiger partial charge in [-0.05, 0) is 45.6 Å². The lowest BCUT2D eigenvalue weighted by molar-refractivity contribution is 0.0695. The molecule has 0 aromatic carbocycles. The topological polar surface area (TPSA) is 68.3 Å². The van der Waals surface area contributed by atoms with E-state index in [0.29, 0.717) is 18.1 Å². The standard InChI is InChI=1S/C15H18N2O3/c1-9-12(15(18)19)7-11(20-9)8-17-10(2)16-13-5-3-4-6-14(13)17/h7H,3-6,8H2,1-2H3,(H,18,19). The lowest BCUT2D eigenvalue weighted by Crippen LogP contribution is -2.10. The first-order chi connectivity index (χ1) is 9.56. The number of carboxylic acid groups (broad SMARTS) is 1. The molecule has 0 bridgehead atoms. The van der Waals surface area contributed by atoms with E-state index in [1.54, 1.807) is 13.0 Å². The van der Waals surface area contributed by atoms with Gasteiger partial charge in [0.25, 0.3) is 0 Å².